The van der Waals surface area contributed by atoms with Crippen LogP contribution in [0.3, 0.4) is 0 Å². The van der Waals surface area contributed by atoms with Crippen LogP contribution >= 0.6 is 0 Å². The first kappa shape index (κ1) is 14.7. The number of rotatable bonds is 5. The fourth-order valence-electron chi connectivity index (χ4n) is 2.25. The van der Waals surface area contributed by atoms with E-state index in [0.717, 1.165) is 10.6 Å². The molecule has 0 saturated carbocycles. The molecule has 0 N–H and O–H groups in total. The second-order valence-electron chi connectivity index (χ2n) is 4.88. The predicted molar refractivity (Wildman–Crippen MR) is 86.7 cm³/mol. The Balaban J connectivity index is 1.80. The Bertz CT molecular complexity index is 776. The number of ether oxygens (including phenoxy) is 1. The van der Waals surface area contributed by atoms with Crippen LogP contribution in [0.4, 0.5) is 0 Å². The summed E-state index contributed by atoms with van der Waals surface area (Å²) in [5.41, 5.74) is 1.47. The Hall–Kier alpha value is -3.21. The number of carbonyl (C=O) groups excluding carboxylic acids is 2. The number of nitrogens with zero attached hydrogens (tertiary/aromatic N) is 2. The van der Waals surface area contributed by atoms with Crippen molar-refractivity contribution in [1.82, 2.24) is 5.01 Å². The van der Waals surface area contributed by atoms with Crippen LogP contribution in [0.5, 0.6) is 5.75 Å². The molecule has 23 heavy (non-hydrogen) atoms. The summed E-state index contributed by atoms with van der Waals surface area (Å²) in [6, 6.07) is 13.9. The van der Waals surface area contributed by atoms with Crippen LogP contribution in [0.2, 0.25) is 0 Å². The molecule has 0 unspecified atom stereocenters. The van der Waals surface area contributed by atoms with Gasteiger partial charge in [-0.15, -0.1) is 0 Å². The summed E-state index contributed by atoms with van der Waals surface area (Å²) >= 11 is 0. The molecule has 0 fully saturated rings. The molecule has 0 bridgehead atoms. The summed E-state index contributed by atoms with van der Waals surface area (Å²) in [6.07, 6.45) is 3.11. The zero-order valence-electron chi connectivity index (χ0n) is 12.3. The van der Waals surface area contributed by atoms with Gasteiger partial charge in [-0.3, -0.25) is 9.59 Å². The monoisotopic (exact) mass is 306 g/mol. The molecule has 0 aromatic heterocycles. The minimum Gasteiger partial charge on any atom is -0.490 e. The first-order chi connectivity index (χ1) is 11.2. The van der Waals surface area contributed by atoms with Crippen molar-refractivity contribution in [2.45, 2.75) is 0 Å². The molecule has 1 aliphatic heterocycles. The molecule has 0 aliphatic carbocycles. The molecular formula is C18H14N2O3. The molecule has 0 saturated heterocycles. The van der Waals surface area contributed by atoms with Crippen LogP contribution in [-0.2, 0) is 0 Å². The van der Waals surface area contributed by atoms with Gasteiger partial charge in [0.1, 0.15) is 12.4 Å². The lowest BCUT2D eigenvalue weighted by atomic mass is 10.1. The van der Waals surface area contributed by atoms with Crippen LogP contribution in [0, 0.1) is 0 Å². The van der Waals surface area contributed by atoms with Crippen molar-refractivity contribution in [3.05, 3.63) is 77.9 Å². The van der Waals surface area contributed by atoms with Crippen LogP contribution in [0.1, 0.15) is 26.3 Å². The summed E-state index contributed by atoms with van der Waals surface area (Å²) in [4.78, 5) is 24.4. The van der Waals surface area contributed by atoms with E-state index in [0.29, 0.717) is 23.5 Å². The maximum absolute atomic E-state index is 12.2. The van der Waals surface area contributed by atoms with Crippen LogP contribution in [-0.4, -0.2) is 29.6 Å². The van der Waals surface area contributed by atoms with Gasteiger partial charge in [0.2, 0.25) is 0 Å². The summed E-state index contributed by atoms with van der Waals surface area (Å²) in [6.45, 7) is 3.99. The van der Waals surface area contributed by atoms with E-state index in [4.69, 9.17) is 4.74 Å². The molecular weight excluding hydrogens is 292 g/mol. The maximum Gasteiger partial charge on any atom is 0.282 e. The van der Waals surface area contributed by atoms with Gasteiger partial charge >= 0.3 is 0 Å². The standard InChI is InChI=1S/C18H14N2O3/c1-2-10-23-14-7-5-6-13(11-14)12-19-20-17(21)15-8-3-4-9-16(15)18(20)22/h2-9,11-12H,1,10H2/b19-12-. The number of carbonyl (C=O) groups is 2. The van der Waals surface area contributed by atoms with Crippen LogP contribution < -0.4 is 4.74 Å². The summed E-state index contributed by atoms with van der Waals surface area (Å²) in [5, 5.41) is 4.90. The highest BCUT2D eigenvalue weighted by Crippen LogP contribution is 2.22. The van der Waals surface area contributed by atoms with E-state index in [1.807, 2.05) is 18.2 Å². The third-order valence-electron chi connectivity index (χ3n) is 3.32. The summed E-state index contributed by atoms with van der Waals surface area (Å²) in [7, 11) is 0. The largest absolute Gasteiger partial charge is 0.490 e. The highest BCUT2D eigenvalue weighted by atomic mass is 16.5. The highest BCUT2D eigenvalue weighted by molar-refractivity contribution is 6.21. The molecule has 1 aliphatic rings. The topological polar surface area (TPSA) is 59.0 Å². The lowest BCUT2D eigenvalue weighted by Gasteiger charge is -2.06. The van der Waals surface area contributed by atoms with Gasteiger partial charge in [-0.05, 0) is 29.8 Å². The number of benzene rings is 2. The number of fused-ring (bicyclic) bond motifs is 1. The molecule has 5 nitrogen and oxygen atoms in total. The van der Waals surface area contributed by atoms with E-state index in [1.54, 1.807) is 36.4 Å². The molecule has 114 valence electrons. The lowest BCUT2D eigenvalue weighted by Crippen LogP contribution is -2.23. The Kier molecular flexibility index (Phi) is 4.01. The van der Waals surface area contributed by atoms with E-state index in [-0.39, 0.29) is 0 Å². The molecule has 2 amide bonds. The van der Waals surface area contributed by atoms with E-state index in [9.17, 15) is 9.59 Å². The van der Waals surface area contributed by atoms with Gasteiger partial charge in [-0.2, -0.15) is 10.1 Å². The smallest absolute Gasteiger partial charge is 0.282 e. The minimum absolute atomic E-state index is 0.373. The zero-order chi connectivity index (χ0) is 16.2. The summed E-state index contributed by atoms with van der Waals surface area (Å²) < 4.78 is 5.43. The van der Waals surface area contributed by atoms with Gasteiger partial charge in [0, 0.05) is 0 Å². The molecule has 5 heteroatoms. The highest BCUT2D eigenvalue weighted by Gasteiger charge is 2.35. The average molecular weight is 306 g/mol. The van der Waals surface area contributed by atoms with Gasteiger partial charge in [0.05, 0.1) is 17.3 Å². The number of amides is 2. The number of hydrogen-bond acceptors (Lipinski definition) is 4. The Labute approximate surface area is 133 Å². The first-order valence-corrected chi connectivity index (χ1v) is 7.06. The van der Waals surface area contributed by atoms with Gasteiger partial charge in [-0.1, -0.05) is 36.9 Å². The van der Waals surface area contributed by atoms with E-state index < -0.39 is 11.8 Å². The third-order valence-corrected chi connectivity index (χ3v) is 3.32. The molecule has 2 aromatic carbocycles. The van der Waals surface area contributed by atoms with Crippen LogP contribution in [0.15, 0.2) is 66.3 Å². The van der Waals surface area contributed by atoms with Crippen molar-refractivity contribution < 1.29 is 14.3 Å². The van der Waals surface area contributed by atoms with Crippen molar-refractivity contribution in [3.8, 4) is 5.75 Å². The van der Waals surface area contributed by atoms with E-state index in [1.165, 1.54) is 6.21 Å². The summed E-state index contributed by atoms with van der Waals surface area (Å²) in [5.74, 6) is -0.168. The van der Waals surface area contributed by atoms with Gasteiger partial charge < -0.3 is 4.74 Å². The van der Waals surface area contributed by atoms with E-state index in [2.05, 4.69) is 11.7 Å². The molecule has 1 heterocycles. The van der Waals surface area contributed by atoms with Gasteiger partial charge in [0.25, 0.3) is 11.8 Å². The maximum atomic E-state index is 12.2. The van der Waals surface area contributed by atoms with Crippen molar-refractivity contribution in [2.24, 2.45) is 5.10 Å². The lowest BCUT2D eigenvalue weighted by molar-refractivity contribution is 0.0660. The fraction of sp³-hybridized carbons (Fsp3) is 0.0556. The quantitative estimate of drug-likeness (QED) is 0.485. The van der Waals surface area contributed by atoms with Crippen LogP contribution in [0.25, 0.3) is 0 Å². The van der Waals surface area contributed by atoms with Crippen molar-refractivity contribution in [2.75, 3.05) is 6.61 Å². The van der Waals surface area contributed by atoms with Crippen molar-refractivity contribution in [3.63, 3.8) is 0 Å². The molecule has 3 rings (SSSR count). The van der Waals surface area contributed by atoms with Crippen molar-refractivity contribution >= 4 is 18.0 Å². The number of hydrogen-bond donors (Lipinski definition) is 0. The number of imide groups is 1. The second kappa shape index (κ2) is 6.27. The Morgan fingerprint density at radius 3 is 2.39 bits per heavy atom. The molecule has 0 atom stereocenters. The normalized spacial score (nSPS) is 13.5. The minimum atomic E-state index is -0.416. The molecule has 0 radical (unpaired) electrons. The predicted octanol–water partition coefficient (Wildman–Crippen LogP) is 2.88. The first-order valence-electron chi connectivity index (χ1n) is 7.06. The third kappa shape index (κ3) is 2.89. The Morgan fingerprint density at radius 1 is 1.04 bits per heavy atom. The molecule has 0 spiro atoms. The zero-order valence-corrected chi connectivity index (χ0v) is 12.3. The second-order valence-corrected chi connectivity index (χ2v) is 4.88. The molecule has 2 aromatic rings. The average Bonchev–Trinajstić information content (AvgIpc) is 2.83. The van der Waals surface area contributed by atoms with E-state index >= 15 is 0 Å². The van der Waals surface area contributed by atoms with Crippen molar-refractivity contribution in [1.29, 1.82) is 0 Å². The number of hydrazone groups is 1. The Morgan fingerprint density at radius 2 is 1.74 bits per heavy atom. The van der Waals surface area contributed by atoms with Gasteiger partial charge in [0.15, 0.2) is 0 Å². The SMILES string of the molecule is C=CCOc1cccc(/C=N\N2C(=O)c3ccccc3C2=O)c1. The van der Waals surface area contributed by atoms with Gasteiger partial charge in [-0.25, -0.2) is 0 Å². The fourth-order valence-corrected chi connectivity index (χ4v) is 2.25.